The Labute approximate surface area is 165 Å². The summed E-state index contributed by atoms with van der Waals surface area (Å²) in [5.74, 6) is -0.429. The van der Waals surface area contributed by atoms with E-state index in [9.17, 15) is 4.79 Å². The molecule has 10 heteroatoms. The number of carbonyl (C=O) groups is 1. The Bertz CT molecular complexity index is 541. The van der Waals surface area contributed by atoms with Crippen LogP contribution in [0.5, 0.6) is 0 Å². The fourth-order valence-corrected chi connectivity index (χ4v) is 4.96. The number of nitrogens with zero attached hydrogens (tertiary/aromatic N) is 2. The Balaban J connectivity index is 1.37. The van der Waals surface area contributed by atoms with Crippen LogP contribution in [-0.2, 0) is 9.53 Å². The molecule has 0 aliphatic carbocycles. The minimum atomic E-state index is -0.515. The van der Waals surface area contributed by atoms with Crippen molar-refractivity contribution in [3.8, 4) is 0 Å². The van der Waals surface area contributed by atoms with Gasteiger partial charge in [-0.1, -0.05) is 0 Å². The Kier molecular flexibility index (Phi) is 6.20. The zero-order chi connectivity index (χ0) is 19.0. The molecular weight excluding hydrogens is 370 g/mol. The molecule has 27 heavy (non-hydrogen) atoms. The number of halogens is 1. The van der Waals surface area contributed by atoms with Gasteiger partial charge in [0, 0.05) is 26.2 Å². The second-order valence-electron chi connectivity index (χ2n) is 8.28. The third kappa shape index (κ3) is 4.40. The number of nitrogens with one attached hydrogen (secondary N) is 4. The van der Waals surface area contributed by atoms with Crippen LogP contribution in [-0.4, -0.2) is 93.1 Å². The number of piperidine rings is 1. The number of carbonyl (C=O) groups excluding carboxylic acids is 1. The fraction of sp³-hybridized carbons (Fsp3) is 0.941. The maximum Gasteiger partial charge on any atom is 0.230 e. The van der Waals surface area contributed by atoms with Crippen molar-refractivity contribution in [3.05, 3.63) is 5.43 Å². The number of fused-ring (bicyclic) bond motifs is 1. The molecule has 0 spiro atoms. The third-order valence-corrected chi connectivity index (χ3v) is 6.46. The lowest BCUT2D eigenvalue weighted by Gasteiger charge is -2.38. The van der Waals surface area contributed by atoms with E-state index in [0.717, 1.165) is 44.0 Å². The molecular formula is C17H32ClN7O2. The summed E-state index contributed by atoms with van der Waals surface area (Å²) >= 11 is 6.21. The number of rotatable bonds is 4. The summed E-state index contributed by atoms with van der Waals surface area (Å²) in [4.78, 5) is 15.4. The molecule has 4 rings (SSSR count). The minimum Gasteiger partial charge on any atom is -0.436 e. The maximum absolute atomic E-state index is 13.1. The first kappa shape index (κ1) is 19.8. The highest BCUT2D eigenvalue weighted by atomic mass is 35.5. The number of likely N-dealkylation sites (tertiary alicyclic amines) is 1. The van der Waals surface area contributed by atoms with E-state index in [1.807, 2.05) is 0 Å². The fourth-order valence-electron chi connectivity index (χ4n) is 4.71. The molecule has 0 aromatic heterocycles. The van der Waals surface area contributed by atoms with Gasteiger partial charge in [0.2, 0.25) is 5.91 Å². The summed E-state index contributed by atoms with van der Waals surface area (Å²) in [7, 11) is 2.12. The molecule has 4 saturated heterocycles. The quantitative estimate of drug-likeness (QED) is 0.325. The van der Waals surface area contributed by atoms with Gasteiger partial charge in [-0.2, -0.15) is 0 Å². The van der Waals surface area contributed by atoms with Crippen molar-refractivity contribution in [2.45, 2.75) is 48.8 Å². The number of amides is 1. The number of ether oxygens (including phenoxy) is 1. The minimum absolute atomic E-state index is 0.0129. The van der Waals surface area contributed by atoms with Crippen molar-refractivity contribution >= 4 is 17.5 Å². The van der Waals surface area contributed by atoms with E-state index in [4.69, 9.17) is 22.1 Å². The van der Waals surface area contributed by atoms with Gasteiger partial charge in [0.1, 0.15) is 12.1 Å². The lowest BCUT2D eigenvalue weighted by atomic mass is 9.98. The third-order valence-electron chi connectivity index (χ3n) is 6.16. The van der Waals surface area contributed by atoms with Crippen molar-refractivity contribution in [1.82, 2.24) is 20.9 Å². The normalized spacial score (nSPS) is 45.6. The number of hydrogen-bond donors (Lipinski definition) is 5. The molecule has 0 radical (unpaired) electrons. The van der Waals surface area contributed by atoms with Gasteiger partial charge in [-0.25, -0.2) is 0 Å². The number of likely N-dealkylation sites (N-methyl/N-ethyl adjacent to an activating group) is 1. The molecule has 0 saturated carbocycles. The SMILES string of the molecule is CN1CC[C@@H](OC2CCNCC2NC(=O)C2C(N)[N-][NH+]3CC(Cl)CNC23)C1. The van der Waals surface area contributed by atoms with Crippen LogP contribution in [0.1, 0.15) is 12.8 Å². The molecule has 8 atom stereocenters. The van der Waals surface area contributed by atoms with E-state index in [1.54, 1.807) is 0 Å². The highest BCUT2D eigenvalue weighted by Crippen LogP contribution is 2.20. The Morgan fingerprint density at radius 2 is 2.26 bits per heavy atom. The topological polar surface area (TPSA) is 110 Å². The molecule has 0 aromatic carbocycles. The molecule has 4 fully saturated rings. The molecule has 9 nitrogen and oxygen atoms in total. The summed E-state index contributed by atoms with van der Waals surface area (Å²) in [6.07, 6.45) is 1.63. The van der Waals surface area contributed by atoms with Crippen LogP contribution in [0.3, 0.4) is 0 Å². The molecule has 6 N–H and O–H groups in total. The van der Waals surface area contributed by atoms with E-state index in [2.05, 4.69) is 33.3 Å². The van der Waals surface area contributed by atoms with Gasteiger partial charge < -0.3 is 36.4 Å². The van der Waals surface area contributed by atoms with Crippen molar-refractivity contribution in [2.24, 2.45) is 11.7 Å². The standard InChI is InChI=1S/C17H32ClN7O2/c1-24-5-3-11(9-24)27-13-2-4-20-7-12(13)22-17(26)14-15(19)23-25-8-10(18)6-21-16(14)25/h10-16,20-21,25H,2-9,19H2,1H3,(H,22,26)/t10?,11-,12?,13?,14?,15?,16?/m1/s1. The average molecular weight is 402 g/mol. The highest BCUT2D eigenvalue weighted by molar-refractivity contribution is 6.20. The Hall–Kier alpha value is -0.520. The van der Waals surface area contributed by atoms with Crippen molar-refractivity contribution in [1.29, 1.82) is 0 Å². The van der Waals surface area contributed by atoms with Crippen molar-refractivity contribution in [2.75, 3.05) is 46.3 Å². The van der Waals surface area contributed by atoms with Crippen LogP contribution in [0, 0.1) is 5.92 Å². The average Bonchev–Trinajstić information content (AvgIpc) is 3.18. The lowest BCUT2D eigenvalue weighted by molar-refractivity contribution is -0.888. The molecule has 4 aliphatic rings. The second kappa shape index (κ2) is 8.46. The predicted octanol–water partition coefficient (Wildman–Crippen LogP) is -2.82. The van der Waals surface area contributed by atoms with Crippen LogP contribution >= 0.6 is 11.6 Å². The van der Waals surface area contributed by atoms with Crippen molar-refractivity contribution in [3.63, 3.8) is 0 Å². The van der Waals surface area contributed by atoms with Gasteiger partial charge in [-0.15, -0.1) is 11.6 Å². The van der Waals surface area contributed by atoms with Crippen molar-refractivity contribution < 1.29 is 14.5 Å². The first-order valence-corrected chi connectivity index (χ1v) is 10.5. The van der Waals surface area contributed by atoms with Crippen LogP contribution < -0.4 is 26.7 Å². The van der Waals surface area contributed by atoms with E-state index < -0.39 is 6.17 Å². The predicted molar refractivity (Wildman–Crippen MR) is 102 cm³/mol. The lowest BCUT2D eigenvalue weighted by Crippen LogP contribution is -3.15. The van der Waals surface area contributed by atoms with E-state index >= 15 is 0 Å². The molecule has 7 unspecified atom stereocenters. The van der Waals surface area contributed by atoms with Gasteiger partial charge >= 0.3 is 0 Å². The van der Waals surface area contributed by atoms with Gasteiger partial charge in [0.25, 0.3) is 0 Å². The maximum atomic E-state index is 13.1. The molecule has 0 aromatic rings. The summed E-state index contributed by atoms with van der Waals surface area (Å²) in [5.41, 5.74) is 10.7. The van der Waals surface area contributed by atoms with E-state index in [-0.39, 0.29) is 41.6 Å². The molecule has 4 aliphatic heterocycles. The molecule has 1 amide bonds. The number of quaternary nitrogens is 1. The molecule has 154 valence electrons. The van der Waals surface area contributed by atoms with Crippen LogP contribution in [0.25, 0.3) is 5.43 Å². The van der Waals surface area contributed by atoms with Gasteiger partial charge in [0.15, 0.2) is 0 Å². The zero-order valence-corrected chi connectivity index (χ0v) is 16.6. The Morgan fingerprint density at radius 3 is 3.04 bits per heavy atom. The highest BCUT2D eigenvalue weighted by Gasteiger charge is 2.45. The van der Waals surface area contributed by atoms with Gasteiger partial charge in [-0.05, 0) is 32.6 Å². The summed E-state index contributed by atoms with van der Waals surface area (Å²) in [6, 6.07) is -0.0437. The smallest absolute Gasteiger partial charge is 0.230 e. The first-order valence-electron chi connectivity index (χ1n) is 10.1. The summed E-state index contributed by atoms with van der Waals surface area (Å²) in [6.45, 7) is 5.03. The number of alkyl halides is 1. The zero-order valence-electron chi connectivity index (χ0n) is 15.9. The van der Waals surface area contributed by atoms with Crippen LogP contribution in [0.4, 0.5) is 0 Å². The van der Waals surface area contributed by atoms with E-state index in [1.165, 1.54) is 0 Å². The van der Waals surface area contributed by atoms with Crippen LogP contribution in [0.2, 0.25) is 0 Å². The van der Waals surface area contributed by atoms with E-state index in [0.29, 0.717) is 13.1 Å². The number of hydrogen-bond acceptors (Lipinski definition) is 6. The largest absolute Gasteiger partial charge is 0.436 e. The second-order valence-corrected chi connectivity index (χ2v) is 8.90. The monoisotopic (exact) mass is 401 g/mol. The molecule has 0 bridgehead atoms. The van der Waals surface area contributed by atoms with Gasteiger partial charge in [0.05, 0.1) is 30.2 Å². The summed E-state index contributed by atoms with van der Waals surface area (Å²) < 4.78 is 6.36. The van der Waals surface area contributed by atoms with Crippen LogP contribution in [0.15, 0.2) is 0 Å². The first-order chi connectivity index (χ1) is 13.0. The van der Waals surface area contributed by atoms with Gasteiger partial charge in [-0.3, -0.25) is 10.1 Å². The molecule has 4 heterocycles. The Morgan fingerprint density at radius 1 is 1.41 bits per heavy atom. The number of nitrogens with two attached hydrogens (primary N) is 1. The summed E-state index contributed by atoms with van der Waals surface area (Å²) in [5, 5.41) is 10.9.